The van der Waals surface area contributed by atoms with Crippen LogP contribution in [0, 0.1) is 3.57 Å². The smallest absolute Gasteiger partial charge is 0.253 e. The fourth-order valence-electron chi connectivity index (χ4n) is 2.13. The van der Waals surface area contributed by atoms with Gasteiger partial charge in [-0.15, -0.1) is 0 Å². The van der Waals surface area contributed by atoms with Crippen molar-refractivity contribution in [1.82, 2.24) is 10.2 Å². The molecular formula is C13H17IN2O. The third-order valence-corrected chi connectivity index (χ3v) is 3.95. The lowest BCUT2D eigenvalue weighted by Gasteiger charge is -2.31. The quantitative estimate of drug-likeness (QED) is 0.834. The van der Waals surface area contributed by atoms with Gasteiger partial charge in [0.1, 0.15) is 0 Å². The summed E-state index contributed by atoms with van der Waals surface area (Å²) in [6.07, 6.45) is 2.24. The highest BCUT2D eigenvalue weighted by Gasteiger charge is 2.22. The van der Waals surface area contributed by atoms with Crippen molar-refractivity contribution in [2.24, 2.45) is 0 Å². The van der Waals surface area contributed by atoms with E-state index in [0.29, 0.717) is 6.04 Å². The van der Waals surface area contributed by atoms with Gasteiger partial charge in [-0.1, -0.05) is 0 Å². The van der Waals surface area contributed by atoms with Gasteiger partial charge in [0.25, 0.3) is 5.91 Å². The average molecular weight is 344 g/mol. The van der Waals surface area contributed by atoms with E-state index in [1.165, 1.54) is 0 Å². The van der Waals surface area contributed by atoms with E-state index in [2.05, 4.69) is 27.9 Å². The molecule has 1 heterocycles. The summed E-state index contributed by atoms with van der Waals surface area (Å²) in [5, 5.41) is 3.34. The third-order valence-electron chi connectivity index (χ3n) is 3.23. The number of hydrogen-bond acceptors (Lipinski definition) is 2. The summed E-state index contributed by atoms with van der Waals surface area (Å²) in [4.78, 5) is 14.1. The topological polar surface area (TPSA) is 32.3 Å². The minimum absolute atomic E-state index is 0.120. The Balaban J connectivity index is 2.05. The zero-order chi connectivity index (χ0) is 12.3. The Bertz CT molecular complexity index is 385. The van der Waals surface area contributed by atoms with Gasteiger partial charge in [0.2, 0.25) is 0 Å². The second-order valence-electron chi connectivity index (χ2n) is 4.42. The van der Waals surface area contributed by atoms with Crippen molar-refractivity contribution in [3.63, 3.8) is 0 Å². The van der Waals surface area contributed by atoms with Crippen molar-refractivity contribution in [3.05, 3.63) is 33.4 Å². The first-order chi connectivity index (χ1) is 8.18. The number of amides is 1. The Kier molecular flexibility index (Phi) is 4.39. The van der Waals surface area contributed by atoms with Crippen molar-refractivity contribution in [3.8, 4) is 0 Å². The lowest BCUT2D eigenvalue weighted by Crippen LogP contribution is -2.46. The van der Waals surface area contributed by atoms with Crippen LogP contribution < -0.4 is 5.32 Å². The highest BCUT2D eigenvalue weighted by atomic mass is 127. The van der Waals surface area contributed by atoms with Crippen LogP contribution in [0.1, 0.15) is 23.2 Å². The molecule has 1 amide bonds. The molecule has 1 aliphatic heterocycles. The van der Waals surface area contributed by atoms with E-state index in [4.69, 9.17) is 0 Å². The summed E-state index contributed by atoms with van der Waals surface area (Å²) in [6.45, 7) is 1.98. The van der Waals surface area contributed by atoms with Gasteiger partial charge in [-0.3, -0.25) is 4.79 Å². The molecule has 0 spiro atoms. The number of piperidine rings is 1. The summed E-state index contributed by atoms with van der Waals surface area (Å²) in [5.74, 6) is 0.120. The molecule has 1 aliphatic rings. The van der Waals surface area contributed by atoms with Crippen LogP contribution in [0.4, 0.5) is 0 Å². The van der Waals surface area contributed by atoms with E-state index in [1.807, 2.05) is 36.2 Å². The van der Waals surface area contributed by atoms with Gasteiger partial charge < -0.3 is 10.2 Å². The van der Waals surface area contributed by atoms with Crippen LogP contribution in [-0.2, 0) is 0 Å². The molecule has 0 bridgehead atoms. The first-order valence-corrected chi connectivity index (χ1v) is 7.00. The Labute approximate surface area is 116 Å². The molecular weight excluding hydrogens is 327 g/mol. The van der Waals surface area contributed by atoms with Crippen molar-refractivity contribution in [1.29, 1.82) is 0 Å². The molecule has 2 rings (SSSR count). The largest absolute Gasteiger partial charge is 0.337 e. The number of nitrogens with one attached hydrogen (secondary N) is 1. The lowest BCUT2D eigenvalue weighted by molar-refractivity contribution is 0.0708. The monoisotopic (exact) mass is 344 g/mol. The van der Waals surface area contributed by atoms with Gasteiger partial charge in [0, 0.05) is 28.8 Å². The molecule has 3 nitrogen and oxygen atoms in total. The Morgan fingerprint density at radius 1 is 1.41 bits per heavy atom. The SMILES string of the molecule is CN(C(=O)c1ccc(I)cc1)[C@@H]1CCCNC1. The normalized spacial score (nSPS) is 20.0. The van der Waals surface area contributed by atoms with Crippen LogP contribution in [0.3, 0.4) is 0 Å². The van der Waals surface area contributed by atoms with E-state index in [1.54, 1.807) is 0 Å². The Morgan fingerprint density at radius 3 is 2.71 bits per heavy atom. The molecule has 1 N–H and O–H groups in total. The Morgan fingerprint density at radius 2 is 2.12 bits per heavy atom. The third kappa shape index (κ3) is 3.19. The van der Waals surface area contributed by atoms with Gasteiger partial charge in [-0.25, -0.2) is 0 Å². The van der Waals surface area contributed by atoms with Crippen LogP contribution in [-0.4, -0.2) is 37.0 Å². The zero-order valence-corrected chi connectivity index (χ0v) is 12.1. The number of benzene rings is 1. The van der Waals surface area contributed by atoms with Gasteiger partial charge >= 0.3 is 0 Å². The summed E-state index contributed by atoms with van der Waals surface area (Å²) in [7, 11) is 1.90. The fraction of sp³-hybridized carbons (Fsp3) is 0.462. The van der Waals surface area contributed by atoms with E-state index in [0.717, 1.165) is 35.1 Å². The highest BCUT2D eigenvalue weighted by molar-refractivity contribution is 14.1. The average Bonchev–Trinajstić information content (AvgIpc) is 2.39. The summed E-state index contributed by atoms with van der Waals surface area (Å²) in [6, 6.07) is 8.07. The molecule has 0 radical (unpaired) electrons. The van der Waals surface area contributed by atoms with Gasteiger partial charge in [-0.2, -0.15) is 0 Å². The molecule has 0 aromatic heterocycles. The van der Waals surface area contributed by atoms with Crippen LogP contribution in [0.25, 0.3) is 0 Å². The zero-order valence-electron chi connectivity index (χ0n) is 9.95. The molecule has 0 aliphatic carbocycles. The number of nitrogens with zero attached hydrogens (tertiary/aromatic N) is 1. The van der Waals surface area contributed by atoms with Crippen molar-refractivity contribution in [2.75, 3.05) is 20.1 Å². The minimum atomic E-state index is 0.120. The second-order valence-corrected chi connectivity index (χ2v) is 5.67. The van der Waals surface area contributed by atoms with Crippen molar-refractivity contribution < 1.29 is 4.79 Å². The molecule has 0 saturated carbocycles. The minimum Gasteiger partial charge on any atom is -0.337 e. The van der Waals surface area contributed by atoms with E-state index >= 15 is 0 Å². The number of likely N-dealkylation sites (N-methyl/N-ethyl adjacent to an activating group) is 1. The number of rotatable bonds is 2. The molecule has 0 unspecified atom stereocenters. The molecule has 1 atom stereocenters. The number of carbonyl (C=O) groups excluding carboxylic acids is 1. The predicted molar refractivity (Wildman–Crippen MR) is 77.1 cm³/mol. The highest BCUT2D eigenvalue weighted by Crippen LogP contribution is 2.13. The number of carbonyl (C=O) groups is 1. The van der Waals surface area contributed by atoms with Crippen LogP contribution in [0.5, 0.6) is 0 Å². The molecule has 4 heteroatoms. The summed E-state index contributed by atoms with van der Waals surface area (Å²) in [5.41, 5.74) is 0.776. The van der Waals surface area contributed by atoms with Gasteiger partial charge in [0.05, 0.1) is 0 Å². The summed E-state index contributed by atoms with van der Waals surface area (Å²) < 4.78 is 1.15. The molecule has 1 aromatic carbocycles. The van der Waals surface area contributed by atoms with Crippen LogP contribution in [0.15, 0.2) is 24.3 Å². The van der Waals surface area contributed by atoms with Crippen LogP contribution in [0.2, 0.25) is 0 Å². The van der Waals surface area contributed by atoms with E-state index in [-0.39, 0.29) is 5.91 Å². The van der Waals surface area contributed by atoms with Gasteiger partial charge in [-0.05, 0) is 66.2 Å². The maximum Gasteiger partial charge on any atom is 0.253 e. The molecule has 1 fully saturated rings. The standard InChI is InChI=1S/C13H17IN2O/c1-16(12-3-2-8-15-9-12)13(17)10-4-6-11(14)7-5-10/h4-7,12,15H,2-3,8-9H2,1H3/t12-/m1/s1. The van der Waals surface area contributed by atoms with Crippen LogP contribution >= 0.6 is 22.6 Å². The first-order valence-electron chi connectivity index (χ1n) is 5.92. The summed E-state index contributed by atoms with van der Waals surface area (Å²) >= 11 is 2.25. The number of halogens is 1. The van der Waals surface area contributed by atoms with E-state index < -0.39 is 0 Å². The second kappa shape index (κ2) is 5.82. The molecule has 92 valence electrons. The van der Waals surface area contributed by atoms with Crippen molar-refractivity contribution >= 4 is 28.5 Å². The molecule has 1 saturated heterocycles. The number of hydrogen-bond donors (Lipinski definition) is 1. The maximum atomic E-state index is 12.3. The molecule has 17 heavy (non-hydrogen) atoms. The fourth-order valence-corrected chi connectivity index (χ4v) is 2.49. The predicted octanol–water partition coefficient (Wildman–Crippen LogP) is 2.12. The Hall–Kier alpha value is -0.620. The molecule has 1 aromatic rings. The van der Waals surface area contributed by atoms with Crippen molar-refractivity contribution in [2.45, 2.75) is 18.9 Å². The first kappa shape index (κ1) is 12.8. The lowest BCUT2D eigenvalue weighted by atomic mass is 10.1. The van der Waals surface area contributed by atoms with Gasteiger partial charge in [0.15, 0.2) is 0 Å². The van der Waals surface area contributed by atoms with E-state index in [9.17, 15) is 4.79 Å². The maximum absolute atomic E-state index is 12.3.